The summed E-state index contributed by atoms with van der Waals surface area (Å²) < 4.78 is 7.70. The molecule has 0 radical (unpaired) electrons. The Kier molecular flexibility index (Phi) is 7.81. The number of guanidine groups is 1. The lowest BCUT2D eigenvalue weighted by molar-refractivity contribution is 0.157. The van der Waals surface area contributed by atoms with E-state index in [0.29, 0.717) is 12.0 Å². The Bertz CT molecular complexity index is 613. The molecule has 1 unspecified atom stereocenters. The number of aromatic nitrogens is 3. The smallest absolute Gasteiger partial charge is 0.193 e. The van der Waals surface area contributed by atoms with Crippen LogP contribution in [0.15, 0.2) is 10.1 Å². The van der Waals surface area contributed by atoms with Crippen LogP contribution in [0.5, 0.6) is 0 Å². The van der Waals surface area contributed by atoms with Crippen LogP contribution in [0.3, 0.4) is 0 Å². The van der Waals surface area contributed by atoms with Crippen molar-refractivity contribution in [2.24, 2.45) is 10.9 Å². The van der Waals surface area contributed by atoms with Gasteiger partial charge in [0.05, 0.1) is 6.61 Å². The lowest BCUT2D eigenvalue weighted by Crippen LogP contribution is -2.40. The van der Waals surface area contributed by atoms with E-state index in [9.17, 15) is 0 Å². The van der Waals surface area contributed by atoms with Gasteiger partial charge in [0.2, 0.25) is 0 Å². The maximum atomic E-state index is 5.30. The minimum Gasteiger partial charge on any atom is -0.384 e. The topological polar surface area (TPSA) is 67.6 Å². The van der Waals surface area contributed by atoms with Crippen molar-refractivity contribution in [3.05, 3.63) is 5.82 Å². The predicted molar refractivity (Wildman–Crippen MR) is 111 cm³/mol. The van der Waals surface area contributed by atoms with E-state index in [0.717, 1.165) is 56.0 Å². The van der Waals surface area contributed by atoms with Gasteiger partial charge in [0.1, 0.15) is 5.82 Å². The second-order valence-electron chi connectivity index (χ2n) is 7.54. The van der Waals surface area contributed by atoms with E-state index in [1.54, 1.807) is 18.9 Å². The van der Waals surface area contributed by atoms with Gasteiger partial charge in [0.25, 0.3) is 0 Å². The molecule has 27 heavy (non-hydrogen) atoms. The van der Waals surface area contributed by atoms with Crippen LogP contribution in [0.25, 0.3) is 0 Å². The van der Waals surface area contributed by atoms with Crippen LogP contribution in [0.1, 0.15) is 50.4 Å². The number of likely N-dealkylation sites (tertiary alicyclic amines) is 1. The molecule has 1 aliphatic heterocycles. The summed E-state index contributed by atoms with van der Waals surface area (Å²) in [4.78, 5) is 6.81. The molecule has 1 saturated heterocycles. The molecular weight excluding hydrogens is 360 g/mol. The van der Waals surface area contributed by atoms with E-state index in [1.165, 1.54) is 32.1 Å². The molecular formula is C19H34N6OS. The molecule has 0 amide bonds. The fourth-order valence-corrected chi connectivity index (χ4v) is 4.90. The Morgan fingerprint density at radius 3 is 2.81 bits per heavy atom. The van der Waals surface area contributed by atoms with Crippen molar-refractivity contribution < 1.29 is 4.74 Å². The summed E-state index contributed by atoms with van der Waals surface area (Å²) in [5.74, 6) is 2.77. The third-order valence-corrected chi connectivity index (χ3v) is 6.31. The Labute approximate surface area is 167 Å². The quantitative estimate of drug-likeness (QED) is 0.316. The molecule has 3 rings (SSSR count). The van der Waals surface area contributed by atoms with Gasteiger partial charge in [-0.15, -0.1) is 10.2 Å². The average molecular weight is 395 g/mol. The number of thioether (sulfide) groups is 1. The number of methoxy groups -OCH3 is 1. The van der Waals surface area contributed by atoms with Crippen LogP contribution >= 0.6 is 11.8 Å². The molecule has 1 N–H and O–H groups in total. The molecule has 0 aromatic carbocycles. The highest BCUT2D eigenvalue weighted by molar-refractivity contribution is 7.98. The van der Waals surface area contributed by atoms with Crippen LogP contribution in [-0.2, 0) is 11.2 Å². The van der Waals surface area contributed by atoms with Gasteiger partial charge >= 0.3 is 0 Å². The van der Waals surface area contributed by atoms with E-state index in [-0.39, 0.29) is 0 Å². The summed E-state index contributed by atoms with van der Waals surface area (Å²) >= 11 is 1.71. The van der Waals surface area contributed by atoms with Crippen molar-refractivity contribution in [1.29, 1.82) is 0 Å². The third kappa shape index (κ3) is 5.16. The van der Waals surface area contributed by atoms with Crippen molar-refractivity contribution in [3.8, 4) is 0 Å². The van der Waals surface area contributed by atoms with Gasteiger partial charge in [-0.3, -0.25) is 4.99 Å². The molecule has 7 nitrogen and oxygen atoms in total. The SMILES string of the molecule is CN=C(NCCCc1nnc(SC)n1C1CCCC1)N1CCC(COC)C1. The monoisotopic (exact) mass is 394 g/mol. The van der Waals surface area contributed by atoms with Crippen LogP contribution in [0, 0.1) is 5.92 Å². The van der Waals surface area contributed by atoms with Crippen molar-refractivity contribution in [1.82, 2.24) is 25.0 Å². The van der Waals surface area contributed by atoms with Crippen molar-refractivity contribution in [3.63, 3.8) is 0 Å². The van der Waals surface area contributed by atoms with Crippen LogP contribution in [0.2, 0.25) is 0 Å². The van der Waals surface area contributed by atoms with Crippen LogP contribution in [-0.4, -0.2) is 72.3 Å². The zero-order valence-corrected chi connectivity index (χ0v) is 17.8. The Morgan fingerprint density at radius 2 is 2.11 bits per heavy atom. The van der Waals surface area contributed by atoms with Crippen molar-refractivity contribution in [2.45, 2.75) is 56.1 Å². The Hall–Kier alpha value is -1.28. The highest BCUT2D eigenvalue weighted by Crippen LogP contribution is 2.33. The van der Waals surface area contributed by atoms with Crippen LogP contribution < -0.4 is 5.32 Å². The van der Waals surface area contributed by atoms with E-state index in [1.807, 2.05) is 7.05 Å². The summed E-state index contributed by atoms with van der Waals surface area (Å²) in [6.45, 7) is 3.83. The van der Waals surface area contributed by atoms with Gasteiger partial charge in [-0.25, -0.2) is 0 Å². The molecule has 1 saturated carbocycles. The summed E-state index contributed by atoms with van der Waals surface area (Å²) in [5, 5.41) is 13.5. The molecule has 2 aliphatic rings. The summed E-state index contributed by atoms with van der Waals surface area (Å²) in [5.41, 5.74) is 0. The van der Waals surface area contributed by atoms with E-state index < -0.39 is 0 Å². The maximum Gasteiger partial charge on any atom is 0.193 e. The molecule has 152 valence electrons. The predicted octanol–water partition coefficient (Wildman–Crippen LogP) is 2.59. The van der Waals surface area contributed by atoms with Gasteiger partial charge in [-0.2, -0.15) is 0 Å². The molecule has 1 aromatic heterocycles. The Balaban J connectivity index is 1.48. The molecule has 8 heteroatoms. The fourth-order valence-electron chi connectivity index (χ4n) is 4.32. The number of rotatable bonds is 8. The lowest BCUT2D eigenvalue weighted by atomic mass is 10.1. The largest absolute Gasteiger partial charge is 0.384 e. The number of hydrogen-bond acceptors (Lipinski definition) is 5. The second-order valence-corrected chi connectivity index (χ2v) is 8.32. The molecule has 2 heterocycles. The Morgan fingerprint density at radius 1 is 1.30 bits per heavy atom. The summed E-state index contributed by atoms with van der Waals surface area (Å²) in [6.07, 6.45) is 10.5. The number of hydrogen-bond donors (Lipinski definition) is 1. The van der Waals surface area contributed by atoms with Gasteiger partial charge in [-0.05, 0) is 31.9 Å². The highest BCUT2D eigenvalue weighted by Gasteiger charge is 2.25. The molecule has 2 fully saturated rings. The van der Waals surface area contributed by atoms with E-state index in [2.05, 4.69) is 36.2 Å². The van der Waals surface area contributed by atoms with Gasteiger partial charge in [-0.1, -0.05) is 24.6 Å². The number of aliphatic imine (C=N–C) groups is 1. The normalized spacial score (nSPS) is 21.4. The number of nitrogens with zero attached hydrogens (tertiary/aromatic N) is 5. The van der Waals surface area contributed by atoms with E-state index in [4.69, 9.17) is 4.74 Å². The van der Waals surface area contributed by atoms with E-state index >= 15 is 0 Å². The standard InChI is InChI=1S/C19H34N6OS/c1-20-18(24-12-10-15(13-24)14-26-2)21-11-6-9-17-22-23-19(27-3)25(17)16-7-4-5-8-16/h15-16H,4-14H2,1-3H3,(H,20,21). The van der Waals surface area contributed by atoms with Crippen LogP contribution in [0.4, 0.5) is 0 Å². The summed E-state index contributed by atoms with van der Waals surface area (Å²) in [7, 11) is 3.65. The first-order valence-corrected chi connectivity index (χ1v) is 11.4. The van der Waals surface area contributed by atoms with Gasteiger partial charge < -0.3 is 19.5 Å². The molecule has 1 atom stereocenters. The highest BCUT2D eigenvalue weighted by atomic mass is 32.2. The first kappa shape index (κ1) is 20.5. The average Bonchev–Trinajstić information content (AvgIpc) is 3.42. The van der Waals surface area contributed by atoms with Crippen molar-refractivity contribution in [2.75, 3.05) is 46.7 Å². The number of ether oxygens (including phenoxy) is 1. The van der Waals surface area contributed by atoms with Crippen molar-refractivity contribution >= 4 is 17.7 Å². The lowest BCUT2D eigenvalue weighted by Gasteiger charge is -2.22. The molecule has 0 spiro atoms. The molecule has 0 bridgehead atoms. The zero-order valence-electron chi connectivity index (χ0n) is 17.0. The summed E-state index contributed by atoms with van der Waals surface area (Å²) in [6, 6.07) is 0.598. The molecule has 1 aliphatic carbocycles. The molecule has 1 aromatic rings. The van der Waals surface area contributed by atoms with Gasteiger partial charge in [0.15, 0.2) is 11.1 Å². The second kappa shape index (κ2) is 10.3. The minimum absolute atomic E-state index is 0.598. The zero-order chi connectivity index (χ0) is 19.1. The number of aryl methyl sites for hydroxylation is 1. The number of nitrogens with one attached hydrogen (secondary N) is 1. The van der Waals surface area contributed by atoms with Gasteiger partial charge in [0, 0.05) is 52.2 Å². The third-order valence-electron chi connectivity index (χ3n) is 5.67. The fraction of sp³-hybridized carbons (Fsp3) is 0.842. The first-order valence-electron chi connectivity index (χ1n) is 10.2. The first-order chi connectivity index (χ1) is 13.3. The minimum atomic E-state index is 0.598. The maximum absolute atomic E-state index is 5.30.